The van der Waals surface area contributed by atoms with Gasteiger partial charge in [0.1, 0.15) is 11.3 Å². The number of amides is 3. The van der Waals surface area contributed by atoms with Crippen molar-refractivity contribution >= 4 is 28.9 Å². The second-order valence-electron chi connectivity index (χ2n) is 7.14. The van der Waals surface area contributed by atoms with Crippen molar-refractivity contribution < 1.29 is 28.3 Å². The molecule has 0 unspecified atom stereocenters. The Balaban J connectivity index is 1.61. The van der Waals surface area contributed by atoms with Gasteiger partial charge in [0.2, 0.25) is 5.76 Å². The van der Waals surface area contributed by atoms with Crippen molar-refractivity contribution in [2.75, 3.05) is 6.61 Å². The number of furan rings is 1. The second kappa shape index (κ2) is 8.98. The van der Waals surface area contributed by atoms with Crippen molar-refractivity contribution in [1.82, 2.24) is 10.6 Å². The molecule has 0 radical (unpaired) electrons. The van der Waals surface area contributed by atoms with Gasteiger partial charge in [-0.25, -0.2) is 9.59 Å². The lowest BCUT2D eigenvalue weighted by Crippen LogP contribution is -2.47. The molecule has 8 heteroatoms. The molecule has 1 aliphatic carbocycles. The third-order valence-corrected chi connectivity index (χ3v) is 4.98. The molecule has 8 nitrogen and oxygen atoms in total. The molecule has 2 N–H and O–H groups in total. The third kappa shape index (κ3) is 4.88. The van der Waals surface area contributed by atoms with Gasteiger partial charge < -0.3 is 19.2 Å². The summed E-state index contributed by atoms with van der Waals surface area (Å²) in [4.78, 5) is 36.6. The molecule has 2 aromatic rings. The first-order valence-electron chi connectivity index (χ1n) is 9.87. The van der Waals surface area contributed by atoms with Gasteiger partial charge >= 0.3 is 12.0 Å². The molecule has 3 rings (SSSR count). The molecule has 1 aromatic carbocycles. The van der Waals surface area contributed by atoms with Gasteiger partial charge in [0.15, 0.2) is 6.10 Å². The van der Waals surface area contributed by atoms with E-state index in [2.05, 4.69) is 10.6 Å². The highest BCUT2D eigenvalue weighted by atomic mass is 16.6. The van der Waals surface area contributed by atoms with Crippen LogP contribution in [0.25, 0.3) is 11.0 Å². The highest BCUT2D eigenvalue weighted by molar-refractivity contribution is 6.00. The van der Waals surface area contributed by atoms with Crippen LogP contribution in [-0.2, 0) is 9.53 Å². The fraction of sp³-hybridized carbons (Fsp3) is 0.476. The number of carbonyl (C=O) groups is 3. The van der Waals surface area contributed by atoms with Crippen LogP contribution in [0.3, 0.4) is 0 Å². The van der Waals surface area contributed by atoms with Gasteiger partial charge in [-0.3, -0.25) is 10.1 Å². The Morgan fingerprint density at radius 2 is 1.97 bits per heavy atom. The Hall–Kier alpha value is -3.03. The SMILES string of the molecule is CCOc1ccc2oc(C(=O)O[C@@H](C)C(=O)NC(=O)NC3CCCC3)c(C)c2c1. The predicted octanol–water partition coefficient (Wildman–Crippen LogP) is 3.45. The lowest BCUT2D eigenvalue weighted by Gasteiger charge is -2.15. The standard InChI is InChI=1S/C21H26N2O6/c1-4-27-15-9-10-17-16(11-15)12(2)18(29-17)20(25)28-13(3)19(24)23-21(26)22-14-7-5-6-8-14/h9-11,13-14H,4-8H2,1-3H3,(H2,22,23,24,26)/t13-/m0/s1. The minimum Gasteiger partial charge on any atom is -0.494 e. The molecule has 0 aliphatic heterocycles. The van der Waals surface area contributed by atoms with E-state index in [1.807, 2.05) is 6.92 Å². The van der Waals surface area contributed by atoms with Crippen molar-refractivity contribution in [1.29, 1.82) is 0 Å². The molecule has 1 aliphatic rings. The van der Waals surface area contributed by atoms with Crippen LogP contribution in [0.1, 0.15) is 55.6 Å². The van der Waals surface area contributed by atoms with E-state index in [1.54, 1.807) is 25.1 Å². The number of rotatable bonds is 6. The van der Waals surface area contributed by atoms with Crippen LogP contribution < -0.4 is 15.4 Å². The smallest absolute Gasteiger partial charge is 0.375 e. The summed E-state index contributed by atoms with van der Waals surface area (Å²) in [5, 5.41) is 5.70. The summed E-state index contributed by atoms with van der Waals surface area (Å²) in [6.45, 7) is 5.55. The molecule has 0 saturated heterocycles. The number of nitrogens with one attached hydrogen (secondary N) is 2. The van der Waals surface area contributed by atoms with E-state index in [0.29, 0.717) is 23.5 Å². The number of hydrogen-bond donors (Lipinski definition) is 2. The quantitative estimate of drug-likeness (QED) is 0.717. The van der Waals surface area contributed by atoms with E-state index in [1.165, 1.54) is 6.92 Å². The predicted molar refractivity (Wildman–Crippen MR) is 106 cm³/mol. The summed E-state index contributed by atoms with van der Waals surface area (Å²) in [7, 11) is 0. The Morgan fingerprint density at radius 1 is 1.24 bits per heavy atom. The van der Waals surface area contributed by atoms with E-state index in [4.69, 9.17) is 13.9 Å². The molecule has 1 heterocycles. The number of aryl methyl sites for hydroxylation is 1. The number of hydrogen-bond acceptors (Lipinski definition) is 6. The molecule has 1 saturated carbocycles. The zero-order chi connectivity index (χ0) is 21.0. The van der Waals surface area contributed by atoms with Crippen LogP contribution in [-0.4, -0.2) is 36.7 Å². The van der Waals surface area contributed by atoms with Crippen LogP contribution in [0.15, 0.2) is 22.6 Å². The number of urea groups is 1. The topological polar surface area (TPSA) is 107 Å². The van der Waals surface area contributed by atoms with Crippen molar-refractivity contribution in [3.63, 3.8) is 0 Å². The fourth-order valence-electron chi connectivity index (χ4n) is 3.42. The highest BCUT2D eigenvalue weighted by Gasteiger charge is 2.26. The van der Waals surface area contributed by atoms with Crippen LogP contribution in [0.5, 0.6) is 5.75 Å². The average Bonchev–Trinajstić information content (AvgIpc) is 3.30. The molecule has 1 atom stereocenters. The Bertz CT molecular complexity index is 913. The van der Waals surface area contributed by atoms with E-state index in [9.17, 15) is 14.4 Å². The minimum atomic E-state index is -1.15. The molecule has 1 aromatic heterocycles. The zero-order valence-corrected chi connectivity index (χ0v) is 16.9. The molecule has 29 heavy (non-hydrogen) atoms. The first kappa shape index (κ1) is 20.7. The maximum absolute atomic E-state index is 12.5. The van der Waals surface area contributed by atoms with Crippen LogP contribution in [0.4, 0.5) is 4.79 Å². The van der Waals surface area contributed by atoms with E-state index in [0.717, 1.165) is 31.1 Å². The number of ether oxygens (including phenoxy) is 2. The van der Waals surface area contributed by atoms with E-state index in [-0.39, 0.29) is 11.8 Å². The van der Waals surface area contributed by atoms with Gasteiger partial charge in [-0.15, -0.1) is 0 Å². The van der Waals surface area contributed by atoms with Gasteiger partial charge in [0, 0.05) is 17.0 Å². The summed E-state index contributed by atoms with van der Waals surface area (Å²) < 4.78 is 16.3. The Morgan fingerprint density at radius 3 is 2.66 bits per heavy atom. The Kier molecular flexibility index (Phi) is 6.41. The summed E-state index contributed by atoms with van der Waals surface area (Å²) >= 11 is 0. The van der Waals surface area contributed by atoms with Crippen LogP contribution >= 0.6 is 0 Å². The molecule has 1 fully saturated rings. The summed E-state index contributed by atoms with van der Waals surface area (Å²) in [5.74, 6) is -0.773. The van der Waals surface area contributed by atoms with Crippen molar-refractivity contribution in [2.24, 2.45) is 0 Å². The number of fused-ring (bicyclic) bond motifs is 1. The summed E-state index contributed by atoms with van der Waals surface area (Å²) in [6, 6.07) is 4.77. The van der Waals surface area contributed by atoms with Gasteiger partial charge in [-0.05, 0) is 51.8 Å². The lowest BCUT2D eigenvalue weighted by atomic mass is 10.1. The van der Waals surface area contributed by atoms with Gasteiger partial charge in [-0.1, -0.05) is 12.8 Å². The van der Waals surface area contributed by atoms with Crippen molar-refractivity contribution in [2.45, 2.75) is 58.6 Å². The molecule has 0 spiro atoms. The number of carbonyl (C=O) groups excluding carboxylic acids is 3. The third-order valence-electron chi connectivity index (χ3n) is 4.98. The largest absolute Gasteiger partial charge is 0.494 e. The molecule has 0 bridgehead atoms. The summed E-state index contributed by atoms with van der Waals surface area (Å²) in [5.41, 5.74) is 1.11. The van der Waals surface area contributed by atoms with E-state index >= 15 is 0 Å². The second-order valence-corrected chi connectivity index (χ2v) is 7.14. The first-order chi connectivity index (χ1) is 13.9. The number of imide groups is 1. The van der Waals surface area contributed by atoms with Crippen molar-refractivity contribution in [3.8, 4) is 5.75 Å². The first-order valence-corrected chi connectivity index (χ1v) is 9.87. The molecular weight excluding hydrogens is 376 g/mol. The molecular formula is C21H26N2O6. The number of esters is 1. The Labute approximate surface area is 168 Å². The highest BCUT2D eigenvalue weighted by Crippen LogP contribution is 2.29. The maximum atomic E-state index is 12.5. The fourth-order valence-corrected chi connectivity index (χ4v) is 3.42. The molecule has 3 amide bonds. The monoisotopic (exact) mass is 402 g/mol. The van der Waals surface area contributed by atoms with Crippen molar-refractivity contribution in [3.05, 3.63) is 29.5 Å². The normalized spacial score (nSPS) is 15.1. The van der Waals surface area contributed by atoms with Gasteiger partial charge in [-0.2, -0.15) is 0 Å². The van der Waals surface area contributed by atoms with Gasteiger partial charge in [0.05, 0.1) is 6.61 Å². The van der Waals surface area contributed by atoms with Gasteiger partial charge in [0.25, 0.3) is 5.91 Å². The lowest BCUT2D eigenvalue weighted by molar-refractivity contribution is -0.128. The molecule has 156 valence electrons. The number of benzene rings is 1. The maximum Gasteiger partial charge on any atom is 0.375 e. The summed E-state index contributed by atoms with van der Waals surface area (Å²) in [6.07, 6.45) is 2.79. The van der Waals surface area contributed by atoms with Crippen LogP contribution in [0, 0.1) is 6.92 Å². The minimum absolute atomic E-state index is 0.0173. The van der Waals surface area contributed by atoms with E-state index < -0.39 is 24.0 Å². The zero-order valence-electron chi connectivity index (χ0n) is 16.9. The average molecular weight is 402 g/mol. The van der Waals surface area contributed by atoms with Crippen LogP contribution in [0.2, 0.25) is 0 Å².